The first-order valence-electron chi connectivity index (χ1n) is 13.2. The quantitative estimate of drug-likeness (QED) is 0.0486. The lowest BCUT2D eigenvalue weighted by Gasteiger charge is -2.27. The molecule has 18 heteroatoms. The van der Waals surface area contributed by atoms with Crippen LogP contribution in [-0.2, 0) is 31.5 Å². The van der Waals surface area contributed by atoms with Crippen LogP contribution in [0.25, 0.3) is 22.1 Å². The van der Waals surface area contributed by atoms with Crippen molar-refractivity contribution in [2.75, 3.05) is 19.5 Å². The number of alkyl halides is 11. The first-order chi connectivity index (χ1) is 21.2. The first kappa shape index (κ1) is 37.5. The second kappa shape index (κ2) is 14.5. The standard InChI is InChI=1S/C28H25F11O6S/c1-3-4-5-6-16-7-10-19(21(11-16)26(33,34)35)20-12-17-8-9-18(13-22(17)42-23(20)40)46-15-25(31,32)44-28(38,39)45-27(36,37)43-24(29,30)14-41-2/h7-13H,3-6,14-15H2,1-2H3. The summed E-state index contributed by atoms with van der Waals surface area (Å²) in [5, 5.41) is 0.0783. The lowest BCUT2D eigenvalue weighted by Crippen LogP contribution is -2.46. The van der Waals surface area contributed by atoms with Crippen LogP contribution in [0.15, 0.2) is 56.6 Å². The van der Waals surface area contributed by atoms with Gasteiger partial charge in [0.1, 0.15) is 12.2 Å². The number of halogens is 11. The van der Waals surface area contributed by atoms with Gasteiger partial charge in [0, 0.05) is 23.0 Å². The Morgan fingerprint density at radius 2 is 1.41 bits per heavy atom. The van der Waals surface area contributed by atoms with Crippen molar-refractivity contribution in [3.05, 3.63) is 64.0 Å². The van der Waals surface area contributed by atoms with E-state index in [-0.39, 0.29) is 27.6 Å². The van der Waals surface area contributed by atoms with Crippen LogP contribution in [0, 0.1) is 0 Å². The third-order valence-corrected chi connectivity index (χ3v) is 7.02. The summed E-state index contributed by atoms with van der Waals surface area (Å²) in [4.78, 5) is 12.6. The predicted molar refractivity (Wildman–Crippen MR) is 142 cm³/mol. The van der Waals surface area contributed by atoms with E-state index < -0.39 is 65.7 Å². The molecule has 0 spiro atoms. The first-order valence-corrected chi connectivity index (χ1v) is 14.2. The van der Waals surface area contributed by atoms with Crippen molar-refractivity contribution < 1.29 is 71.7 Å². The van der Waals surface area contributed by atoms with Crippen LogP contribution in [0.1, 0.15) is 37.3 Å². The van der Waals surface area contributed by atoms with Gasteiger partial charge in [0.15, 0.2) is 0 Å². The molecule has 0 bridgehead atoms. The monoisotopic (exact) mass is 698 g/mol. The van der Waals surface area contributed by atoms with Gasteiger partial charge in [-0.15, -0.1) is 29.3 Å². The Labute approximate surface area is 257 Å². The molecule has 1 aromatic heterocycles. The maximum atomic E-state index is 14.1. The second-order valence-electron chi connectivity index (χ2n) is 9.71. The zero-order valence-corrected chi connectivity index (χ0v) is 24.6. The Balaban J connectivity index is 1.77. The second-order valence-corrected chi connectivity index (χ2v) is 10.8. The van der Waals surface area contributed by atoms with Crippen molar-refractivity contribution >= 4 is 22.7 Å². The Hall–Kier alpha value is -2.93. The number of rotatable bonds is 16. The summed E-state index contributed by atoms with van der Waals surface area (Å²) in [6, 6.07) is 7.98. The molecule has 0 radical (unpaired) electrons. The molecule has 0 N–H and O–H groups in total. The number of hydrogen-bond donors (Lipinski definition) is 0. The fourth-order valence-corrected chi connectivity index (χ4v) is 4.83. The van der Waals surface area contributed by atoms with E-state index in [1.165, 1.54) is 12.1 Å². The van der Waals surface area contributed by atoms with Crippen LogP contribution in [0.3, 0.4) is 0 Å². The summed E-state index contributed by atoms with van der Waals surface area (Å²) in [7, 11) is 0.647. The molecule has 3 rings (SSSR count). The zero-order valence-electron chi connectivity index (χ0n) is 23.8. The zero-order chi connectivity index (χ0) is 34.6. The van der Waals surface area contributed by atoms with Gasteiger partial charge in [0.05, 0.1) is 16.9 Å². The minimum atomic E-state index is -5.83. The molecule has 256 valence electrons. The molecule has 1 heterocycles. The lowest BCUT2D eigenvalue weighted by molar-refractivity contribution is -0.572. The summed E-state index contributed by atoms with van der Waals surface area (Å²) in [6.45, 7) is 0.135. The number of fused-ring (bicyclic) bond motifs is 1. The molecule has 0 aliphatic carbocycles. The van der Waals surface area contributed by atoms with Crippen molar-refractivity contribution in [3.63, 3.8) is 0 Å². The average molecular weight is 699 g/mol. The van der Waals surface area contributed by atoms with E-state index in [1.807, 2.05) is 6.92 Å². The molecule has 3 aromatic rings. The van der Waals surface area contributed by atoms with Gasteiger partial charge in [-0.05, 0) is 42.7 Å². The van der Waals surface area contributed by atoms with E-state index in [4.69, 9.17) is 4.42 Å². The molecule has 0 aliphatic rings. The third kappa shape index (κ3) is 10.8. The van der Waals surface area contributed by atoms with Crippen molar-refractivity contribution in [2.24, 2.45) is 0 Å². The van der Waals surface area contributed by atoms with Crippen molar-refractivity contribution in [1.29, 1.82) is 0 Å². The van der Waals surface area contributed by atoms with E-state index in [0.29, 0.717) is 25.5 Å². The summed E-state index contributed by atoms with van der Waals surface area (Å²) < 4.78 is 167. The molecule has 2 aromatic carbocycles. The van der Waals surface area contributed by atoms with Gasteiger partial charge < -0.3 is 9.15 Å². The number of ether oxygens (including phenoxy) is 4. The Morgan fingerprint density at radius 3 is 2.02 bits per heavy atom. The molecule has 6 nitrogen and oxygen atoms in total. The molecule has 0 saturated heterocycles. The Kier molecular flexibility index (Phi) is 11.8. The van der Waals surface area contributed by atoms with Gasteiger partial charge >= 0.3 is 36.6 Å². The van der Waals surface area contributed by atoms with E-state index in [9.17, 15) is 53.1 Å². The van der Waals surface area contributed by atoms with Gasteiger partial charge in [-0.2, -0.15) is 30.7 Å². The molecular formula is C28H25F11O6S. The van der Waals surface area contributed by atoms with Crippen LogP contribution in [0.2, 0.25) is 0 Å². The van der Waals surface area contributed by atoms with Gasteiger partial charge in [-0.25, -0.2) is 19.0 Å². The lowest BCUT2D eigenvalue weighted by atomic mass is 9.95. The Bertz CT molecular complexity index is 1540. The maximum Gasteiger partial charge on any atom is 0.496 e. The average Bonchev–Trinajstić information content (AvgIpc) is 2.89. The topological polar surface area (TPSA) is 67.1 Å². The van der Waals surface area contributed by atoms with E-state index in [0.717, 1.165) is 43.2 Å². The molecule has 46 heavy (non-hydrogen) atoms. The highest BCUT2D eigenvalue weighted by Gasteiger charge is 2.56. The van der Waals surface area contributed by atoms with Crippen LogP contribution < -0.4 is 5.63 Å². The minimum Gasteiger partial charge on any atom is -0.422 e. The van der Waals surface area contributed by atoms with Crippen molar-refractivity contribution in [1.82, 2.24) is 0 Å². The minimum absolute atomic E-state index is 0.0783. The fourth-order valence-electron chi connectivity index (χ4n) is 4.09. The van der Waals surface area contributed by atoms with Gasteiger partial charge in [-0.3, -0.25) is 0 Å². The van der Waals surface area contributed by atoms with E-state index >= 15 is 0 Å². The van der Waals surface area contributed by atoms with Crippen LogP contribution >= 0.6 is 11.8 Å². The summed E-state index contributed by atoms with van der Waals surface area (Å²) in [6.07, 6.45) is -23.4. The number of hydrogen-bond acceptors (Lipinski definition) is 7. The molecule has 0 atom stereocenters. The Morgan fingerprint density at radius 1 is 0.761 bits per heavy atom. The number of thioether (sulfide) groups is 1. The van der Waals surface area contributed by atoms with E-state index in [1.54, 1.807) is 0 Å². The molecule has 0 unspecified atom stereocenters. The maximum absolute atomic E-state index is 14.1. The van der Waals surface area contributed by atoms with Crippen molar-refractivity contribution in [2.45, 2.75) is 68.5 Å². The third-order valence-electron chi connectivity index (χ3n) is 5.95. The van der Waals surface area contributed by atoms with Crippen LogP contribution in [0.4, 0.5) is 48.3 Å². The van der Waals surface area contributed by atoms with Gasteiger partial charge in [-0.1, -0.05) is 38.0 Å². The summed E-state index contributed by atoms with van der Waals surface area (Å²) in [5.41, 5.74) is -2.97. The molecular weight excluding hydrogens is 673 g/mol. The van der Waals surface area contributed by atoms with Crippen molar-refractivity contribution in [3.8, 4) is 11.1 Å². The van der Waals surface area contributed by atoms with Crippen LogP contribution in [-0.4, -0.2) is 44.3 Å². The molecule has 0 fully saturated rings. The summed E-state index contributed by atoms with van der Waals surface area (Å²) in [5.74, 6) is -1.68. The molecule has 0 amide bonds. The number of aryl methyl sites for hydroxylation is 1. The molecule has 0 saturated carbocycles. The SMILES string of the molecule is CCCCCc1ccc(-c2cc3ccc(SCC(F)(F)OC(F)(F)OC(F)(F)OC(F)(F)COC)cc3oc2=O)c(C(F)(F)F)c1. The number of unbranched alkanes of at least 4 members (excludes halogenated alkanes) is 2. The van der Waals surface area contributed by atoms with Gasteiger partial charge in [0.2, 0.25) is 0 Å². The highest BCUT2D eigenvalue weighted by molar-refractivity contribution is 7.99. The fraction of sp³-hybridized carbons (Fsp3) is 0.464. The largest absolute Gasteiger partial charge is 0.496 e. The predicted octanol–water partition coefficient (Wildman–Crippen LogP) is 9.29. The number of benzene rings is 2. The normalized spacial score (nSPS) is 13.5. The molecule has 0 aliphatic heterocycles. The van der Waals surface area contributed by atoms with E-state index in [2.05, 4.69) is 18.9 Å². The smallest absolute Gasteiger partial charge is 0.422 e. The van der Waals surface area contributed by atoms with Crippen LogP contribution in [0.5, 0.6) is 0 Å². The van der Waals surface area contributed by atoms with Gasteiger partial charge in [0.25, 0.3) is 0 Å². The highest BCUT2D eigenvalue weighted by atomic mass is 32.2. The summed E-state index contributed by atoms with van der Waals surface area (Å²) >= 11 is 0.109. The number of methoxy groups -OCH3 is 1. The highest BCUT2D eigenvalue weighted by Crippen LogP contribution is 2.40.